The number of amides is 1. The molecule has 0 saturated heterocycles. The smallest absolute Gasteiger partial charge is 0.223 e. The first-order valence-corrected chi connectivity index (χ1v) is 5.94. The van der Waals surface area contributed by atoms with Crippen molar-refractivity contribution in [2.24, 2.45) is 23.0 Å². The highest BCUT2D eigenvalue weighted by atomic mass is 16.1. The lowest BCUT2D eigenvalue weighted by atomic mass is 9.61. The summed E-state index contributed by atoms with van der Waals surface area (Å²) in [6.07, 6.45) is 3.12. The minimum absolute atomic E-state index is 0.231. The van der Waals surface area contributed by atoms with Gasteiger partial charge in [-0.2, -0.15) is 0 Å². The Morgan fingerprint density at radius 1 is 1.40 bits per heavy atom. The van der Waals surface area contributed by atoms with Crippen LogP contribution in [0.4, 0.5) is 0 Å². The van der Waals surface area contributed by atoms with E-state index in [0.717, 1.165) is 19.4 Å². The van der Waals surface area contributed by atoms with E-state index in [1.54, 1.807) is 0 Å². The summed E-state index contributed by atoms with van der Waals surface area (Å²) >= 11 is 0. The first-order valence-electron chi connectivity index (χ1n) is 5.94. The molecule has 88 valence electrons. The molecule has 1 aliphatic carbocycles. The average molecular weight is 212 g/mol. The van der Waals surface area contributed by atoms with Crippen LogP contribution in [0.1, 0.15) is 40.0 Å². The van der Waals surface area contributed by atoms with Crippen molar-refractivity contribution in [2.75, 3.05) is 13.1 Å². The molecule has 0 heterocycles. The van der Waals surface area contributed by atoms with Crippen LogP contribution in [-0.4, -0.2) is 19.0 Å². The Kier molecular flexibility index (Phi) is 4.14. The van der Waals surface area contributed by atoms with Gasteiger partial charge in [0.05, 0.1) is 0 Å². The van der Waals surface area contributed by atoms with Crippen LogP contribution >= 0.6 is 0 Å². The molecule has 0 aliphatic heterocycles. The highest BCUT2D eigenvalue weighted by Gasteiger charge is 2.42. The number of carbonyl (C=O) groups is 1. The number of hydrogen-bond donors (Lipinski definition) is 2. The minimum atomic E-state index is 0.231. The summed E-state index contributed by atoms with van der Waals surface area (Å²) in [6.45, 7) is 8.03. The molecule has 3 N–H and O–H groups in total. The summed E-state index contributed by atoms with van der Waals surface area (Å²) in [5.74, 6) is 1.02. The SMILES string of the molecule is CC(C)(C)C1CCC1C(=O)NCCCN. The average Bonchev–Trinajstić information content (AvgIpc) is 1.99. The maximum Gasteiger partial charge on any atom is 0.223 e. The monoisotopic (exact) mass is 212 g/mol. The summed E-state index contributed by atoms with van der Waals surface area (Å²) in [6, 6.07) is 0. The van der Waals surface area contributed by atoms with Crippen LogP contribution in [0.5, 0.6) is 0 Å². The van der Waals surface area contributed by atoms with Crippen molar-refractivity contribution in [1.82, 2.24) is 5.32 Å². The summed E-state index contributed by atoms with van der Waals surface area (Å²) < 4.78 is 0. The molecule has 1 rings (SSSR count). The van der Waals surface area contributed by atoms with Gasteiger partial charge in [0.15, 0.2) is 0 Å². The molecule has 2 atom stereocenters. The molecule has 0 aromatic heterocycles. The molecule has 0 radical (unpaired) electrons. The Balaban J connectivity index is 2.34. The third-order valence-electron chi connectivity index (χ3n) is 3.40. The number of hydrogen-bond acceptors (Lipinski definition) is 2. The number of nitrogens with two attached hydrogens (primary N) is 1. The van der Waals surface area contributed by atoms with Gasteiger partial charge in [-0.05, 0) is 37.1 Å². The summed E-state index contributed by atoms with van der Waals surface area (Å²) in [4.78, 5) is 11.8. The second-order valence-electron chi connectivity index (χ2n) is 5.59. The van der Waals surface area contributed by atoms with Crippen LogP contribution < -0.4 is 11.1 Å². The first-order chi connectivity index (χ1) is 6.96. The molecule has 15 heavy (non-hydrogen) atoms. The van der Waals surface area contributed by atoms with Crippen LogP contribution in [0, 0.1) is 17.3 Å². The Morgan fingerprint density at radius 3 is 2.47 bits per heavy atom. The van der Waals surface area contributed by atoms with Crippen molar-refractivity contribution in [3.63, 3.8) is 0 Å². The van der Waals surface area contributed by atoms with E-state index in [-0.39, 0.29) is 17.2 Å². The maximum atomic E-state index is 11.8. The van der Waals surface area contributed by atoms with Gasteiger partial charge in [-0.25, -0.2) is 0 Å². The Morgan fingerprint density at radius 2 is 2.07 bits per heavy atom. The quantitative estimate of drug-likeness (QED) is 0.694. The largest absolute Gasteiger partial charge is 0.356 e. The summed E-state index contributed by atoms with van der Waals surface area (Å²) in [5.41, 5.74) is 5.64. The van der Waals surface area contributed by atoms with Gasteiger partial charge in [0.25, 0.3) is 0 Å². The molecule has 1 aliphatic rings. The van der Waals surface area contributed by atoms with E-state index in [1.165, 1.54) is 6.42 Å². The van der Waals surface area contributed by atoms with Crippen molar-refractivity contribution in [3.8, 4) is 0 Å². The fraction of sp³-hybridized carbons (Fsp3) is 0.917. The van der Waals surface area contributed by atoms with E-state index in [0.29, 0.717) is 12.5 Å². The molecule has 0 bridgehead atoms. The number of rotatable bonds is 4. The van der Waals surface area contributed by atoms with Gasteiger partial charge in [0.2, 0.25) is 5.91 Å². The molecule has 1 amide bonds. The Labute approximate surface area is 92.8 Å². The number of carbonyl (C=O) groups excluding carboxylic acids is 1. The van der Waals surface area contributed by atoms with Gasteiger partial charge in [-0.1, -0.05) is 20.8 Å². The van der Waals surface area contributed by atoms with Crippen molar-refractivity contribution < 1.29 is 4.79 Å². The van der Waals surface area contributed by atoms with E-state index in [4.69, 9.17) is 5.73 Å². The lowest BCUT2D eigenvalue weighted by Gasteiger charge is -2.44. The van der Waals surface area contributed by atoms with Gasteiger partial charge in [-0.3, -0.25) is 4.79 Å². The first kappa shape index (κ1) is 12.5. The lowest BCUT2D eigenvalue weighted by molar-refractivity contribution is -0.133. The van der Waals surface area contributed by atoms with E-state index < -0.39 is 0 Å². The molecule has 1 fully saturated rings. The molecule has 0 aromatic carbocycles. The van der Waals surface area contributed by atoms with Crippen LogP contribution in [-0.2, 0) is 4.79 Å². The van der Waals surface area contributed by atoms with E-state index in [1.807, 2.05) is 0 Å². The van der Waals surface area contributed by atoms with E-state index in [9.17, 15) is 4.79 Å². The fourth-order valence-electron chi connectivity index (χ4n) is 2.30. The molecule has 3 heteroatoms. The van der Waals surface area contributed by atoms with Gasteiger partial charge in [-0.15, -0.1) is 0 Å². The predicted molar refractivity (Wildman–Crippen MR) is 62.4 cm³/mol. The van der Waals surface area contributed by atoms with Crippen LogP contribution in [0.3, 0.4) is 0 Å². The van der Waals surface area contributed by atoms with Crippen LogP contribution in [0.25, 0.3) is 0 Å². The van der Waals surface area contributed by atoms with Crippen LogP contribution in [0.2, 0.25) is 0 Å². The van der Waals surface area contributed by atoms with Gasteiger partial charge < -0.3 is 11.1 Å². The van der Waals surface area contributed by atoms with Gasteiger partial charge >= 0.3 is 0 Å². The molecule has 2 unspecified atom stereocenters. The highest BCUT2D eigenvalue weighted by molar-refractivity contribution is 5.79. The van der Waals surface area contributed by atoms with E-state index in [2.05, 4.69) is 26.1 Å². The topological polar surface area (TPSA) is 55.1 Å². The molecule has 3 nitrogen and oxygen atoms in total. The number of nitrogens with one attached hydrogen (secondary N) is 1. The second kappa shape index (κ2) is 4.97. The molecular weight excluding hydrogens is 188 g/mol. The third kappa shape index (κ3) is 3.20. The van der Waals surface area contributed by atoms with Gasteiger partial charge in [0, 0.05) is 12.5 Å². The fourth-order valence-corrected chi connectivity index (χ4v) is 2.30. The zero-order valence-corrected chi connectivity index (χ0v) is 10.2. The van der Waals surface area contributed by atoms with Crippen LogP contribution in [0.15, 0.2) is 0 Å². The Bertz CT molecular complexity index is 220. The lowest BCUT2D eigenvalue weighted by Crippen LogP contribution is -2.46. The van der Waals surface area contributed by atoms with E-state index >= 15 is 0 Å². The minimum Gasteiger partial charge on any atom is -0.356 e. The molecule has 0 aromatic rings. The van der Waals surface area contributed by atoms with Crippen molar-refractivity contribution in [3.05, 3.63) is 0 Å². The molecule has 0 spiro atoms. The summed E-state index contributed by atoms with van der Waals surface area (Å²) in [5, 5.41) is 2.97. The zero-order valence-electron chi connectivity index (χ0n) is 10.2. The van der Waals surface area contributed by atoms with Crippen molar-refractivity contribution in [2.45, 2.75) is 40.0 Å². The normalized spacial score (nSPS) is 25.9. The second-order valence-corrected chi connectivity index (χ2v) is 5.59. The third-order valence-corrected chi connectivity index (χ3v) is 3.40. The maximum absolute atomic E-state index is 11.8. The standard InChI is InChI=1S/C12H24N2O/c1-12(2,3)10-6-5-9(10)11(15)14-8-4-7-13/h9-10H,4-8,13H2,1-3H3,(H,14,15). The highest BCUT2D eigenvalue weighted by Crippen LogP contribution is 2.45. The van der Waals surface area contributed by atoms with Crippen molar-refractivity contribution >= 4 is 5.91 Å². The molecular formula is C12H24N2O. The zero-order chi connectivity index (χ0) is 11.5. The molecule has 1 saturated carbocycles. The van der Waals surface area contributed by atoms with Crippen molar-refractivity contribution in [1.29, 1.82) is 0 Å². The van der Waals surface area contributed by atoms with Gasteiger partial charge in [0.1, 0.15) is 0 Å². The Hall–Kier alpha value is -0.570. The predicted octanol–water partition coefficient (Wildman–Crippen LogP) is 1.52. The summed E-state index contributed by atoms with van der Waals surface area (Å²) in [7, 11) is 0.